The Kier molecular flexibility index (Phi) is 4.92. The van der Waals surface area contributed by atoms with Gasteiger partial charge in [0.15, 0.2) is 0 Å². The van der Waals surface area contributed by atoms with Crippen LogP contribution in [0.15, 0.2) is 6.20 Å². The van der Waals surface area contributed by atoms with Gasteiger partial charge in [-0.3, -0.25) is 4.79 Å². The second-order valence-corrected chi connectivity index (χ2v) is 3.74. The largest absolute Gasteiger partial charge is 0.574 e. The van der Waals surface area contributed by atoms with E-state index in [9.17, 15) is 26.7 Å². The van der Waals surface area contributed by atoms with Crippen LogP contribution in [0, 0.1) is 0 Å². The smallest absolute Gasteiger partial charge is 0.387 e. The second kappa shape index (κ2) is 5.87. The van der Waals surface area contributed by atoms with Crippen molar-refractivity contribution in [3.05, 3.63) is 22.9 Å². The Hall–Kier alpha value is -1.15. The topological polar surface area (TPSA) is 39.2 Å². The van der Waals surface area contributed by atoms with Gasteiger partial charge in [-0.15, -0.1) is 24.8 Å². The molecular formula is C9H4Cl2F5NO2. The van der Waals surface area contributed by atoms with Crippen molar-refractivity contribution in [2.45, 2.75) is 18.7 Å². The van der Waals surface area contributed by atoms with Crippen molar-refractivity contribution in [3.63, 3.8) is 0 Å². The van der Waals surface area contributed by atoms with Gasteiger partial charge >= 0.3 is 6.36 Å². The van der Waals surface area contributed by atoms with Crippen LogP contribution in [-0.4, -0.2) is 16.6 Å². The van der Waals surface area contributed by atoms with Gasteiger partial charge in [0.2, 0.25) is 5.88 Å². The Morgan fingerprint density at radius 3 is 2.37 bits per heavy atom. The molecule has 0 fully saturated rings. The third-order valence-electron chi connectivity index (χ3n) is 1.96. The minimum Gasteiger partial charge on any atom is -0.387 e. The number of carbonyl (C=O) groups excluding carboxylic acids is 1. The van der Waals surface area contributed by atoms with Crippen LogP contribution in [0.1, 0.15) is 27.9 Å². The van der Waals surface area contributed by atoms with Gasteiger partial charge in [-0.2, -0.15) is 0 Å². The first-order valence-electron chi connectivity index (χ1n) is 4.48. The number of alkyl halides is 6. The fraction of sp³-hybridized carbons (Fsp3) is 0.333. The predicted molar refractivity (Wildman–Crippen MR) is 55.6 cm³/mol. The molecule has 19 heavy (non-hydrogen) atoms. The average molecular weight is 324 g/mol. The lowest BCUT2D eigenvalue weighted by atomic mass is 10.1. The predicted octanol–water partition coefficient (Wildman–Crippen LogP) is 4.04. The van der Waals surface area contributed by atoms with Gasteiger partial charge in [0.25, 0.3) is 11.7 Å². The molecule has 0 aliphatic rings. The lowest BCUT2D eigenvalue weighted by Crippen LogP contribution is -2.20. The van der Waals surface area contributed by atoms with Crippen molar-refractivity contribution >= 4 is 28.4 Å². The Bertz CT molecular complexity index is 492. The number of halogens is 7. The highest BCUT2D eigenvalue weighted by atomic mass is 35.5. The maximum absolute atomic E-state index is 12.6. The molecule has 0 saturated carbocycles. The van der Waals surface area contributed by atoms with Crippen LogP contribution in [-0.2, 0) is 5.88 Å². The van der Waals surface area contributed by atoms with Crippen LogP contribution < -0.4 is 4.74 Å². The van der Waals surface area contributed by atoms with Gasteiger partial charge in [-0.05, 0) is 17.2 Å². The van der Waals surface area contributed by atoms with Crippen LogP contribution in [0.3, 0.4) is 0 Å². The van der Waals surface area contributed by atoms with Gasteiger partial charge in [-0.1, -0.05) is 0 Å². The summed E-state index contributed by atoms with van der Waals surface area (Å²) < 4.78 is 64.9. The number of pyridine rings is 1. The van der Waals surface area contributed by atoms with E-state index in [4.69, 9.17) is 23.2 Å². The lowest BCUT2D eigenvalue weighted by Gasteiger charge is -2.15. The molecule has 0 aliphatic heterocycles. The van der Waals surface area contributed by atoms with Gasteiger partial charge in [0.05, 0.1) is 0 Å². The third kappa shape index (κ3) is 3.90. The van der Waals surface area contributed by atoms with Crippen molar-refractivity contribution in [3.8, 4) is 5.88 Å². The molecule has 0 aromatic carbocycles. The lowest BCUT2D eigenvalue weighted by molar-refractivity contribution is -0.276. The zero-order valence-electron chi connectivity index (χ0n) is 8.77. The Morgan fingerprint density at radius 1 is 1.42 bits per heavy atom. The van der Waals surface area contributed by atoms with E-state index in [-0.39, 0.29) is 0 Å². The molecule has 1 heterocycles. The highest BCUT2D eigenvalue weighted by Crippen LogP contribution is 2.34. The zero-order valence-corrected chi connectivity index (χ0v) is 10.3. The first kappa shape index (κ1) is 15.9. The first-order valence-corrected chi connectivity index (χ1v) is 5.40. The molecule has 106 valence electrons. The fourth-order valence-corrected chi connectivity index (χ4v) is 1.75. The Balaban J connectivity index is 3.46. The molecule has 0 spiro atoms. The van der Waals surface area contributed by atoms with Crippen molar-refractivity contribution in [1.29, 1.82) is 0 Å². The quantitative estimate of drug-likeness (QED) is 0.477. The summed E-state index contributed by atoms with van der Waals surface area (Å²) in [5, 5.41) is -1.43. The van der Waals surface area contributed by atoms with Crippen molar-refractivity contribution < 1.29 is 31.5 Å². The summed E-state index contributed by atoms with van der Waals surface area (Å²) in [7, 11) is 0. The van der Waals surface area contributed by atoms with E-state index in [1.165, 1.54) is 0 Å². The Morgan fingerprint density at radius 2 is 2.00 bits per heavy atom. The number of nitrogens with zero attached hydrogens (tertiary/aromatic N) is 1. The second-order valence-electron chi connectivity index (χ2n) is 3.13. The van der Waals surface area contributed by atoms with E-state index in [1.54, 1.807) is 0 Å². The molecule has 0 radical (unpaired) electrons. The van der Waals surface area contributed by atoms with Crippen molar-refractivity contribution in [1.82, 2.24) is 4.98 Å². The van der Waals surface area contributed by atoms with Crippen molar-refractivity contribution in [2.24, 2.45) is 0 Å². The number of ether oxygens (including phenoxy) is 1. The normalized spacial score (nSPS) is 11.8. The molecule has 0 N–H and O–H groups in total. The van der Waals surface area contributed by atoms with Crippen LogP contribution in [0.2, 0.25) is 0 Å². The summed E-state index contributed by atoms with van der Waals surface area (Å²) in [6.07, 6.45) is -7.77. The van der Waals surface area contributed by atoms with Crippen LogP contribution in [0.4, 0.5) is 22.0 Å². The zero-order chi connectivity index (χ0) is 14.8. The van der Waals surface area contributed by atoms with Crippen LogP contribution >= 0.6 is 23.2 Å². The molecule has 0 bridgehead atoms. The van der Waals surface area contributed by atoms with E-state index in [2.05, 4.69) is 9.72 Å². The monoisotopic (exact) mass is 323 g/mol. The average Bonchev–Trinajstić information content (AvgIpc) is 2.25. The molecule has 10 heteroatoms. The third-order valence-corrected chi connectivity index (χ3v) is 2.42. The molecule has 0 unspecified atom stereocenters. The number of hydrogen-bond acceptors (Lipinski definition) is 3. The van der Waals surface area contributed by atoms with Crippen LogP contribution in [0.25, 0.3) is 0 Å². The summed E-state index contributed by atoms with van der Waals surface area (Å²) in [5.74, 6) is -1.86. The molecule has 0 saturated heterocycles. The minimum atomic E-state index is -5.15. The number of aromatic nitrogens is 1. The molecule has 1 aromatic rings. The molecule has 0 atom stereocenters. The van der Waals surface area contributed by atoms with E-state index >= 15 is 0 Å². The van der Waals surface area contributed by atoms with Gasteiger partial charge < -0.3 is 4.74 Å². The van der Waals surface area contributed by atoms with Crippen LogP contribution in [0.5, 0.6) is 5.88 Å². The number of carbonyl (C=O) groups is 1. The maximum Gasteiger partial charge on any atom is 0.574 e. The summed E-state index contributed by atoms with van der Waals surface area (Å²) >= 11 is 10.4. The Labute approximate surface area is 113 Å². The summed E-state index contributed by atoms with van der Waals surface area (Å²) in [6.45, 7) is 0. The van der Waals surface area contributed by atoms with Crippen molar-refractivity contribution in [2.75, 3.05) is 0 Å². The highest BCUT2D eigenvalue weighted by molar-refractivity contribution is 6.68. The molecule has 3 nitrogen and oxygen atoms in total. The molecular weight excluding hydrogens is 320 g/mol. The van der Waals surface area contributed by atoms with E-state index < -0.39 is 46.5 Å². The number of hydrogen-bond donors (Lipinski definition) is 0. The SMILES string of the molecule is O=C(Cl)c1c(OC(F)(F)F)ncc(C(F)F)c1CCl. The van der Waals surface area contributed by atoms with E-state index in [0.29, 0.717) is 6.20 Å². The van der Waals surface area contributed by atoms with Gasteiger partial charge in [0.1, 0.15) is 5.56 Å². The minimum absolute atomic E-state index is 0.451. The molecule has 0 aliphatic carbocycles. The summed E-state index contributed by atoms with van der Waals surface area (Å²) in [5.41, 5.74) is -2.26. The molecule has 0 amide bonds. The van der Waals surface area contributed by atoms with E-state index in [1.807, 2.05) is 0 Å². The van der Waals surface area contributed by atoms with Gasteiger partial charge in [0, 0.05) is 17.6 Å². The standard InChI is InChI=1S/C9H4Cl2F5NO2/c10-1-3-4(7(12)13)2-17-8(5(3)6(11)18)19-9(14,15)16/h2,7H,1H2. The number of rotatable bonds is 4. The first-order chi connectivity index (χ1) is 8.67. The van der Waals surface area contributed by atoms with Gasteiger partial charge in [-0.25, -0.2) is 13.8 Å². The molecule has 1 rings (SSSR count). The molecule has 1 aromatic heterocycles. The highest BCUT2D eigenvalue weighted by Gasteiger charge is 2.35. The fourth-order valence-electron chi connectivity index (χ4n) is 1.27. The van der Waals surface area contributed by atoms with E-state index in [0.717, 1.165) is 0 Å². The summed E-state index contributed by atoms with van der Waals surface area (Å²) in [4.78, 5) is 14.1. The maximum atomic E-state index is 12.6. The summed E-state index contributed by atoms with van der Waals surface area (Å²) in [6, 6.07) is 0.